The number of Topliss-reactive ketones (excluding diaryl/α,β-unsaturated/α-hetero) is 1. The first-order valence-electron chi connectivity index (χ1n) is 8.04. The fourth-order valence-electron chi connectivity index (χ4n) is 2.27. The molecule has 1 aromatic carbocycles. The standard InChI is InChI=1S/C18H19N3O3S/c1-2-16(23)13-6-8-15(9-7-13)24-11-14(22)12-25-18-20-19-17-5-3-4-10-21(17)18/h3-10,14,22H,2,11-12H2,1H3/t14-/m1/s1. The molecule has 0 spiro atoms. The van der Waals surface area contributed by atoms with Crippen LogP contribution in [0.2, 0.25) is 0 Å². The van der Waals surface area contributed by atoms with Crippen LogP contribution >= 0.6 is 11.8 Å². The van der Waals surface area contributed by atoms with Crippen molar-refractivity contribution in [2.24, 2.45) is 0 Å². The molecule has 3 rings (SSSR count). The highest BCUT2D eigenvalue weighted by Gasteiger charge is 2.11. The van der Waals surface area contributed by atoms with E-state index in [1.165, 1.54) is 11.8 Å². The van der Waals surface area contributed by atoms with Gasteiger partial charge in [0.25, 0.3) is 0 Å². The maximum Gasteiger partial charge on any atom is 0.195 e. The number of aliphatic hydroxyl groups is 1. The van der Waals surface area contributed by atoms with Crippen LogP contribution in [0.3, 0.4) is 0 Å². The van der Waals surface area contributed by atoms with E-state index in [9.17, 15) is 9.90 Å². The number of rotatable bonds is 8. The third-order valence-corrected chi connectivity index (χ3v) is 4.72. The second kappa shape index (κ2) is 8.13. The molecular formula is C18H19N3O3S. The van der Waals surface area contributed by atoms with E-state index < -0.39 is 6.10 Å². The molecule has 1 N–H and O–H groups in total. The van der Waals surface area contributed by atoms with Crippen molar-refractivity contribution in [3.63, 3.8) is 0 Å². The van der Waals surface area contributed by atoms with Crippen LogP contribution in [0.5, 0.6) is 5.75 Å². The minimum atomic E-state index is -0.641. The van der Waals surface area contributed by atoms with E-state index in [1.54, 1.807) is 24.3 Å². The molecule has 0 fully saturated rings. The lowest BCUT2D eigenvalue weighted by atomic mass is 10.1. The molecule has 0 unspecified atom stereocenters. The Morgan fingerprint density at radius 3 is 2.80 bits per heavy atom. The summed E-state index contributed by atoms with van der Waals surface area (Å²) >= 11 is 1.42. The van der Waals surface area contributed by atoms with Crippen LogP contribution in [0.25, 0.3) is 5.65 Å². The number of ketones is 1. The van der Waals surface area contributed by atoms with Crippen LogP contribution in [-0.4, -0.2) is 44.0 Å². The molecule has 130 valence electrons. The smallest absolute Gasteiger partial charge is 0.195 e. The predicted octanol–water partition coefficient (Wildman–Crippen LogP) is 2.85. The third-order valence-electron chi connectivity index (χ3n) is 3.63. The van der Waals surface area contributed by atoms with Crippen LogP contribution in [0.4, 0.5) is 0 Å². The van der Waals surface area contributed by atoms with Gasteiger partial charge in [-0.3, -0.25) is 9.20 Å². The van der Waals surface area contributed by atoms with Crippen molar-refractivity contribution < 1.29 is 14.6 Å². The van der Waals surface area contributed by atoms with Gasteiger partial charge in [-0.15, -0.1) is 10.2 Å². The van der Waals surface area contributed by atoms with Gasteiger partial charge in [-0.1, -0.05) is 24.8 Å². The number of carbonyl (C=O) groups is 1. The van der Waals surface area contributed by atoms with E-state index in [4.69, 9.17) is 4.74 Å². The largest absolute Gasteiger partial charge is 0.491 e. The highest BCUT2D eigenvalue weighted by atomic mass is 32.2. The second-order valence-corrected chi connectivity index (χ2v) is 6.48. The summed E-state index contributed by atoms with van der Waals surface area (Å²) in [5.41, 5.74) is 1.45. The van der Waals surface area contributed by atoms with Gasteiger partial charge >= 0.3 is 0 Å². The first-order valence-corrected chi connectivity index (χ1v) is 9.02. The highest BCUT2D eigenvalue weighted by molar-refractivity contribution is 7.99. The van der Waals surface area contributed by atoms with E-state index >= 15 is 0 Å². The first-order chi connectivity index (χ1) is 12.2. The fraction of sp³-hybridized carbons (Fsp3) is 0.278. The molecule has 0 aliphatic rings. The molecule has 3 aromatic rings. The van der Waals surface area contributed by atoms with Crippen molar-refractivity contribution in [1.82, 2.24) is 14.6 Å². The Morgan fingerprint density at radius 1 is 1.24 bits per heavy atom. The van der Waals surface area contributed by atoms with Gasteiger partial charge in [-0.2, -0.15) is 0 Å². The van der Waals surface area contributed by atoms with Crippen LogP contribution in [0.1, 0.15) is 23.7 Å². The molecule has 7 heteroatoms. The number of benzene rings is 1. The molecule has 0 radical (unpaired) electrons. The number of fused-ring (bicyclic) bond motifs is 1. The minimum absolute atomic E-state index is 0.100. The number of aromatic nitrogens is 3. The lowest BCUT2D eigenvalue weighted by Gasteiger charge is -2.12. The lowest BCUT2D eigenvalue weighted by molar-refractivity contribution is 0.0987. The maximum atomic E-state index is 11.6. The van der Waals surface area contributed by atoms with Gasteiger partial charge in [0.2, 0.25) is 0 Å². The van der Waals surface area contributed by atoms with Crippen molar-refractivity contribution in [2.75, 3.05) is 12.4 Å². The number of nitrogens with zero attached hydrogens (tertiary/aromatic N) is 3. The summed E-state index contributed by atoms with van der Waals surface area (Å²) in [6.07, 6.45) is 1.73. The van der Waals surface area contributed by atoms with Gasteiger partial charge in [-0.05, 0) is 36.4 Å². The topological polar surface area (TPSA) is 76.7 Å². The van der Waals surface area contributed by atoms with Gasteiger partial charge in [0.05, 0.1) is 6.10 Å². The SMILES string of the molecule is CCC(=O)c1ccc(OC[C@@H](O)CSc2nnc3ccccn23)cc1. The number of ether oxygens (including phenoxy) is 1. The average Bonchev–Trinajstić information content (AvgIpc) is 3.07. The average molecular weight is 357 g/mol. The molecule has 2 heterocycles. The quantitative estimate of drug-likeness (QED) is 0.493. The molecule has 0 amide bonds. The summed E-state index contributed by atoms with van der Waals surface area (Å²) < 4.78 is 7.45. The second-order valence-electron chi connectivity index (χ2n) is 5.49. The van der Waals surface area contributed by atoms with Crippen LogP contribution in [0.15, 0.2) is 53.8 Å². The van der Waals surface area contributed by atoms with Crippen LogP contribution in [0, 0.1) is 0 Å². The summed E-state index contributed by atoms with van der Waals surface area (Å²) in [6.45, 7) is 2.00. The normalized spacial score (nSPS) is 12.2. The van der Waals surface area contributed by atoms with Gasteiger partial charge in [-0.25, -0.2) is 0 Å². The van der Waals surface area contributed by atoms with E-state index in [2.05, 4.69) is 10.2 Å². The van der Waals surface area contributed by atoms with Gasteiger partial charge in [0.1, 0.15) is 12.4 Å². The highest BCUT2D eigenvalue weighted by Crippen LogP contribution is 2.18. The van der Waals surface area contributed by atoms with E-state index in [0.29, 0.717) is 23.5 Å². The number of aliphatic hydroxyl groups excluding tert-OH is 1. The number of carbonyl (C=O) groups excluding carboxylic acids is 1. The minimum Gasteiger partial charge on any atom is -0.491 e. The van der Waals surface area contributed by atoms with Crippen molar-refractivity contribution >= 4 is 23.2 Å². The van der Waals surface area contributed by atoms with Crippen molar-refractivity contribution in [2.45, 2.75) is 24.6 Å². The van der Waals surface area contributed by atoms with Crippen molar-refractivity contribution in [1.29, 1.82) is 0 Å². The molecule has 0 bridgehead atoms. The molecule has 2 aromatic heterocycles. The van der Waals surface area contributed by atoms with Crippen LogP contribution < -0.4 is 4.74 Å². The Kier molecular flexibility index (Phi) is 5.67. The van der Waals surface area contributed by atoms with Gasteiger partial charge in [0, 0.05) is 23.9 Å². The Labute approximate surface area is 149 Å². The molecule has 0 aliphatic heterocycles. The van der Waals surface area contributed by atoms with E-state index in [0.717, 1.165) is 10.8 Å². The van der Waals surface area contributed by atoms with Gasteiger partial charge < -0.3 is 9.84 Å². The van der Waals surface area contributed by atoms with Crippen LogP contribution in [-0.2, 0) is 0 Å². The van der Waals surface area contributed by atoms with Crippen molar-refractivity contribution in [3.8, 4) is 5.75 Å². The Bertz CT molecular complexity index is 848. The fourth-order valence-corrected chi connectivity index (χ4v) is 3.10. The number of hydrogen-bond acceptors (Lipinski definition) is 6. The number of hydrogen-bond donors (Lipinski definition) is 1. The third kappa shape index (κ3) is 4.37. The number of pyridine rings is 1. The molecule has 0 saturated carbocycles. The Morgan fingerprint density at radius 2 is 2.04 bits per heavy atom. The molecule has 1 atom stereocenters. The molecule has 6 nitrogen and oxygen atoms in total. The molecule has 0 saturated heterocycles. The lowest BCUT2D eigenvalue weighted by Crippen LogP contribution is -2.20. The summed E-state index contributed by atoms with van der Waals surface area (Å²) in [5, 5.41) is 19.0. The predicted molar refractivity (Wildman–Crippen MR) is 96.3 cm³/mol. The molecular weight excluding hydrogens is 338 g/mol. The summed E-state index contributed by atoms with van der Waals surface area (Å²) in [7, 11) is 0. The van der Waals surface area contributed by atoms with Crippen molar-refractivity contribution in [3.05, 3.63) is 54.2 Å². The molecule has 25 heavy (non-hydrogen) atoms. The zero-order valence-electron chi connectivity index (χ0n) is 13.8. The molecule has 0 aliphatic carbocycles. The zero-order chi connectivity index (χ0) is 17.6. The summed E-state index contributed by atoms with van der Waals surface area (Å²) in [5.74, 6) is 1.18. The van der Waals surface area contributed by atoms with E-state index in [-0.39, 0.29) is 12.4 Å². The number of thioether (sulfide) groups is 1. The zero-order valence-corrected chi connectivity index (χ0v) is 14.6. The Hall–Kier alpha value is -2.38. The van der Waals surface area contributed by atoms with E-state index in [1.807, 2.05) is 35.7 Å². The summed E-state index contributed by atoms with van der Waals surface area (Å²) in [6, 6.07) is 12.7. The monoisotopic (exact) mass is 357 g/mol. The summed E-state index contributed by atoms with van der Waals surface area (Å²) in [4.78, 5) is 11.6. The van der Waals surface area contributed by atoms with Gasteiger partial charge in [0.15, 0.2) is 16.6 Å². The first kappa shape index (κ1) is 17.4. The maximum absolute atomic E-state index is 11.6. The Balaban J connectivity index is 1.49.